The lowest BCUT2D eigenvalue weighted by Crippen LogP contribution is -2.51. The van der Waals surface area contributed by atoms with Gasteiger partial charge in [-0.15, -0.1) is 0 Å². The van der Waals surface area contributed by atoms with Gasteiger partial charge < -0.3 is 14.8 Å². The third-order valence-electron chi connectivity index (χ3n) is 6.95. The van der Waals surface area contributed by atoms with Crippen molar-refractivity contribution in [2.75, 3.05) is 31.1 Å². The summed E-state index contributed by atoms with van der Waals surface area (Å²) in [6.07, 6.45) is 5.50. The van der Waals surface area contributed by atoms with Gasteiger partial charge in [-0.3, -0.25) is 14.4 Å². The van der Waals surface area contributed by atoms with Crippen molar-refractivity contribution in [1.82, 2.24) is 39.8 Å². The van der Waals surface area contributed by atoms with Gasteiger partial charge >= 0.3 is 0 Å². The SMILES string of the molecule is CCc1cnc(-n2cnc(C)n2)c2[nH]cc(C(=O)C(=O)N3CCN(c4n[nH]c(=O)c5ccccc45)CC3)c12. The molecule has 1 aromatic carbocycles. The first kappa shape index (κ1) is 23.5. The summed E-state index contributed by atoms with van der Waals surface area (Å²) in [6, 6.07) is 7.29. The van der Waals surface area contributed by atoms with Crippen LogP contribution in [0.25, 0.3) is 27.5 Å². The van der Waals surface area contributed by atoms with E-state index in [1.807, 2.05) is 30.0 Å². The molecule has 1 fully saturated rings. The van der Waals surface area contributed by atoms with E-state index >= 15 is 0 Å². The van der Waals surface area contributed by atoms with Crippen LogP contribution in [0.4, 0.5) is 5.82 Å². The second-order valence-corrected chi connectivity index (χ2v) is 9.18. The standard InChI is InChI=1S/C26H25N9O3/c1-3-16-12-28-24(35-14-29-15(2)32-35)21-20(16)19(13-27-21)22(36)26(38)34-10-8-33(9-11-34)23-17-6-4-5-7-18(17)25(37)31-30-23/h4-7,12-14,27H,3,8-11H2,1-2H3,(H,31,37). The zero-order valence-corrected chi connectivity index (χ0v) is 20.9. The van der Waals surface area contributed by atoms with Crippen molar-refractivity contribution >= 4 is 39.2 Å². The van der Waals surface area contributed by atoms with Crippen LogP contribution >= 0.6 is 0 Å². The number of H-pyrrole nitrogens is 2. The number of hydrogen-bond donors (Lipinski definition) is 2. The fourth-order valence-corrected chi connectivity index (χ4v) is 4.99. The number of piperazine rings is 1. The van der Waals surface area contributed by atoms with E-state index in [1.165, 1.54) is 0 Å². The molecule has 12 heteroatoms. The van der Waals surface area contributed by atoms with Gasteiger partial charge in [0.15, 0.2) is 11.6 Å². The van der Waals surface area contributed by atoms with E-state index in [0.29, 0.717) is 71.9 Å². The molecule has 0 spiro atoms. The molecule has 0 aliphatic carbocycles. The summed E-state index contributed by atoms with van der Waals surface area (Å²) in [6.45, 7) is 5.44. The van der Waals surface area contributed by atoms with Crippen molar-refractivity contribution in [3.8, 4) is 5.82 Å². The van der Waals surface area contributed by atoms with Crippen LogP contribution in [0.3, 0.4) is 0 Å². The molecule has 1 saturated heterocycles. The Balaban J connectivity index is 1.25. The molecule has 5 aromatic rings. The molecule has 0 unspecified atom stereocenters. The molecular weight excluding hydrogens is 486 g/mol. The minimum Gasteiger partial charge on any atom is -0.357 e. The van der Waals surface area contributed by atoms with Crippen molar-refractivity contribution in [3.05, 3.63) is 70.3 Å². The third-order valence-corrected chi connectivity index (χ3v) is 6.95. The number of carbonyl (C=O) groups excluding carboxylic acids is 2. The second kappa shape index (κ2) is 9.21. The number of hydrogen-bond acceptors (Lipinski definition) is 8. The Kier molecular flexibility index (Phi) is 5.70. The van der Waals surface area contributed by atoms with E-state index in [4.69, 9.17) is 0 Å². The molecule has 0 atom stereocenters. The Morgan fingerprint density at radius 3 is 2.50 bits per heavy atom. The molecule has 12 nitrogen and oxygen atoms in total. The van der Waals surface area contributed by atoms with E-state index in [1.54, 1.807) is 41.3 Å². The van der Waals surface area contributed by atoms with E-state index in [0.717, 1.165) is 10.9 Å². The Bertz CT molecular complexity index is 1760. The largest absolute Gasteiger partial charge is 0.357 e. The number of nitrogens with zero attached hydrogens (tertiary/aromatic N) is 7. The molecule has 1 aliphatic rings. The maximum absolute atomic E-state index is 13.5. The van der Waals surface area contributed by atoms with Gasteiger partial charge in [-0.05, 0) is 25.0 Å². The summed E-state index contributed by atoms with van der Waals surface area (Å²) in [5.74, 6) is 0.646. The molecule has 192 valence electrons. The average molecular weight is 512 g/mol. The lowest BCUT2D eigenvalue weighted by molar-refractivity contribution is -0.126. The fourth-order valence-electron chi connectivity index (χ4n) is 4.99. The van der Waals surface area contributed by atoms with Crippen molar-refractivity contribution in [1.29, 1.82) is 0 Å². The molecule has 1 amide bonds. The number of nitrogens with one attached hydrogen (secondary N) is 2. The quantitative estimate of drug-likeness (QED) is 0.268. The number of pyridine rings is 1. The first-order chi connectivity index (χ1) is 18.5. The molecule has 38 heavy (non-hydrogen) atoms. The van der Waals surface area contributed by atoms with Crippen LogP contribution in [0.1, 0.15) is 28.7 Å². The van der Waals surface area contributed by atoms with E-state index < -0.39 is 11.7 Å². The average Bonchev–Trinajstić information content (AvgIpc) is 3.59. The van der Waals surface area contributed by atoms with Crippen LogP contribution in [0.5, 0.6) is 0 Å². The number of ketones is 1. The minimum absolute atomic E-state index is 0.244. The summed E-state index contributed by atoms with van der Waals surface area (Å²) < 4.78 is 1.55. The van der Waals surface area contributed by atoms with Crippen molar-refractivity contribution in [2.45, 2.75) is 20.3 Å². The third kappa shape index (κ3) is 3.81. The molecule has 0 saturated carbocycles. The summed E-state index contributed by atoms with van der Waals surface area (Å²) in [7, 11) is 0. The normalized spacial score (nSPS) is 13.9. The molecule has 1 aliphatic heterocycles. The summed E-state index contributed by atoms with van der Waals surface area (Å²) in [4.78, 5) is 54.4. The van der Waals surface area contributed by atoms with E-state index in [-0.39, 0.29) is 5.56 Å². The first-order valence-electron chi connectivity index (χ1n) is 12.4. The van der Waals surface area contributed by atoms with E-state index in [9.17, 15) is 14.4 Å². The van der Waals surface area contributed by atoms with Gasteiger partial charge in [0, 0.05) is 49.3 Å². The number of amides is 1. The van der Waals surface area contributed by atoms with Crippen LogP contribution in [-0.4, -0.2) is 77.7 Å². The summed E-state index contributed by atoms with van der Waals surface area (Å²) in [5, 5.41) is 13.1. The number of fused-ring (bicyclic) bond motifs is 2. The highest BCUT2D eigenvalue weighted by Crippen LogP contribution is 2.28. The van der Waals surface area contributed by atoms with Crippen LogP contribution in [-0.2, 0) is 11.2 Å². The number of aromatic amines is 2. The molecule has 0 bridgehead atoms. The van der Waals surface area contributed by atoms with E-state index in [2.05, 4.69) is 30.2 Å². The summed E-state index contributed by atoms with van der Waals surface area (Å²) >= 11 is 0. The van der Waals surface area contributed by atoms with Gasteiger partial charge in [0.1, 0.15) is 12.2 Å². The van der Waals surface area contributed by atoms with Gasteiger partial charge in [-0.1, -0.05) is 25.1 Å². The molecule has 4 aromatic heterocycles. The number of aryl methyl sites for hydroxylation is 2. The predicted octanol–water partition coefficient (Wildman–Crippen LogP) is 1.78. The second-order valence-electron chi connectivity index (χ2n) is 9.18. The molecule has 6 rings (SSSR count). The summed E-state index contributed by atoms with van der Waals surface area (Å²) in [5.41, 5.74) is 1.56. The van der Waals surface area contributed by atoms with Crippen molar-refractivity contribution < 1.29 is 9.59 Å². The number of carbonyl (C=O) groups is 2. The highest BCUT2D eigenvalue weighted by molar-refractivity contribution is 6.45. The van der Waals surface area contributed by atoms with Crippen molar-refractivity contribution in [3.63, 3.8) is 0 Å². The van der Waals surface area contributed by atoms with Crippen molar-refractivity contribution in [2.24, 2.45) is 0 Å². The van der Waals surface area contributed by atoms with Gasteiger partial charge in [-0.25, -0.2) is 19.7 Å². The highest BCUT2D eigenvalue weighted by Gasteiger charge is 2.30. The Hall–Kier alpha value is -4.87. The molecule has 0 radical (unpaired) electrons. The lowest BCUT2D eigenvalue weighted by atomic mass is 10.0. The Labute approximate surface area is 216 Å². The zero-order chi connectivity index (χ0) is 26.4. The number of rotatable bonds is 5. The van der Waals surface area contributed by atoms with Crippen LogP contribution < -0.4 is 10.5 Å². The molecule has 5 heterocycles. The minimum atomic E-state index is -0.570. The monoisotopic (exact) mass is 511 g/mol. The molecule has 2 N–H and O–H groups in total. The van der Waals surface area contributed by atoms with Gasteiger partial charge in [0.25, 0.3) is 17.2 Å². The smallest absolute Gasteiger partial charge is 0.295 e. The Morgan fingerprint density at radius 1 is 1.03 bits per heavy atom. The zero-order valence-electron chi connectivity index (χ0n) is 20.9. The van der Waals surface area contributed by atoms with Gasteiger partial charge in [0.05, 0.1) is 16.5 Å². The maximum atomic E-state index is 13.5. The predicted molar refractivity (Wildman–Crippen MR) is 141 cm³/mol. The number of aromatic nitrogens is 7. The highest BCUT2D eigenvalue weighted by atomic mass is 16.2. The van der Waals surface area contributed by atoms with Crippen LogP contribution in [0.15, 0.2) is 47.8 Å². The first-order valence-corrected chi connectivity index (χ1v) is 12.4. The van der Waals surface area contributed by atoms with Crippen LogP contribution in [0, 0.1) is 6.92 Å². The number of benzene rings is 1. The van der Waals surface area contributed by atoms with Crippen LogP contribution in [0.2, 0.25) is 0 Å². The van der Waals surface area contributed by atoms with Gasteiger partial charge in [-0.2, -0.15) is 10.2 Å². The number of Topliss-reactive ketones (excluding diaryl/α,β-unsaturated/α-hetero) is 1. The fraction of sp³-hybridized carbons (Fsp3) is 0.269. The topological polar surface area (TPSA) is 146 Å². The van der Waals surface area contributed by atoms with Gasteiger partial charge in [0.2, 0.25) is 0 Å². The molecular formula is C26H25N9O3. The Morgan fingerprint density at radius 2 is 1.79 bits per heavy atom. The maximum Gasteiger partial charge on any atom is 0.295 e. The lowest BCUT2D eigenvalue weighted by Gasteiger charge is -2.35. The number of anilines is 1.